The first-order valence-corrected chi connectivity index (χ1v) is 13.3. The summed E-state index contributed by atoms with van der Waals surface area (Å²) in [5, 5.41) is 11.6. The number of aliphatic hydroxyl groups excluding tert-OH is 1. The summed E-state index contributed by atoms with van der Waals surface area (Å²) in [4.78, 5) is 37.5. The number of Topliss-reactive ketones (excluding diaryl/α,β-unsaturated/α-hetero) is 1. The molecule has 8 heteroatoms. The van der Waals surface area contributed by atoms with E-state index in [2.05, 4.69) is 0 Å². The van der Waals surface area contributed by atoms with Crippen molar-refractivity contribution < 1.29 is 38.1 Å². The Kier molecular flexibility index (Phi) is 5.14. The van der Waals surface area contributed by atoms with Crippen LogP contribution in [0, 0.1) is 22.7 Å². The number of rotatable bonds is 3. The van der Waals surface area contributed by atoms with Crippen molar-refractivity contribution in [2.24, 2.45) is 22.7 Å². The second-order valence-corrected chi connectivity index (χ2v) is 12.3. The molecule has 0 aromatic carbocycles. The molecule has 7 nitrogen and oxygen atoms in total. The van der Waals surface area contributed by atoms with Crippen LogP contribution in [0.3, 0.4) is 0 Å². The number of ether oxygens (including phenoxy) is 3. The molecule has 0 amide bonds. The molecule has 4 saturated carbocycles. The highest BCUT2D eigenvalue weighted by molar-refractivity contribution is 6.01. The summed E-state index contributed by atoms with van der Waals surface area (Å²) < 4.78 is 35.8. The van der Waals surface area contributed by atoms with E-state index in [9.17, 15) is 19.5 Å². The van der Waals surface area contributed by atoms with Gasteiger partial charge in [0.15, 0.2) is 29.4 Å². The van der Waals surface area contributed by atoms with E-state index in [0.717, 1.165) is 12.8 Å². The van der Waals surface area contributed by atoms with Crippen LogP contribution in [0.4, 0.5) is 4.39 Å². The number of carbonyl (C=O) groups excluding carboxylic acids is 3. The maximum absolute atomic E-state index is 17.4. The SMILES string of the molecule is CC(=O)OCC(=O)[C@]12OC3(CCCC3)O[C@H]1C[C@@H]1[C@H]3CCC4=CC(=O)C=C[C@]4(C)[C@]3(F)[C@@H](O)C[C@]12C. The number of fused-ring (bicyclic) bond motifs is 7. The van der Waals surface area contributed by atoms with Crippen LogP contribution in [0.2, 0.25) is 0 Å². The van der Waals surface area contributed by atoms with E-state index >= 15 is 4.39 Å². The highest BCUT2D eigenvalue weighted by Gasteiger charge is 2.80. The first-order valence-electron chi connectivity index (χ1n) is 13.3. The molecule has 0 aromatic rings. The zero-order valence-electron chi connectivity index (χ0n) is 21.2. The lowest BCUT2D eigenvalue weighted by molar-refractivity contribution is -0.253. The summed E-state index contributed by atoms with van der Waals surface area (Å²) in [5.41, 5.74) is -4.72. The van der Waals surface area contributed by atoms with E-state index in [-0.39, 0.29) is 23.9 Å². The maximum Gasteiger partial charge on any atom is 0.303 e. The lowest BCUT2D eigenvalue weighted by Crippen LogP contribution is -2.70. The summed E-state index contributed by atoms with van der Waals surface area (Å²) in [6, 6.07) is 0. The molecular weight excluding hydrogens is 467 g/mol. The van der Waals surface area contributed by atoms with Gasteiger partial charge in [0.25, 0.3) is 0 Å². The Morgan fingerprint density at radius 2 is 1.94 bits per heavy atom. The van der Waals surface area contributed by atoms with E-state index in [4.69, 9.17) is 14.2 Å². The molecule has 196 valence electrons. The van der Waals surface area contributed by atoms with Gasteiger partial charge in [0.1, 0.15) is 0 Å². The fourth-order valence-corrected chi connectivity index (χ4v) is 9.04. The van der Waals surface area contributed by atoms with Crippen molar-refractivity contribution in [1.82, 2.24) is 0 Å². The predicted molar refractivity (Wildman–Crippen MR) is 125 cm³/mol. The second kappa shape index (κ2) is 7.58. The first-order chi connectivity index (χ1) is 16.9. The normalized spacial score (nSPS) is 48.1. The third-order valence-corrected chi connectivity index (χ3v) is 10.7. The van der Waals surface area contributed by atoms with Gasteiger partial charge in [-0.05, 0) is 63.5 Å². The van der Waals surface area contributed by atoms with Gasteiger partial charge in [0.05, 0.1) is 12.2 Å². The summed E-state index contributed by atoms with van der Waals surface area (Å²) in [6.07, 6.45) is 7.23. The number of alkyl halides is 1. The molecule has 0 aromatic heterocycles. The highest BCUT2D eigenvalue weighted by atomic mass is 19.1. The maximum atomic E-state index is 17.4. The van der Waals surface area contributed by atoms with Crippen LogP contribution in [0.25, 0.3) is 0 Å². The van der Waals surface area contributed by atoms with Crippen molar-refractivity contribution in [3.63, 3.8) is 0 Å². The Labute approximate surface area is 210 Å². The topological polar surface area (TPSA) is 99.1 Å². The van der Waals surface area contributed by atoms with Gasteiger partial charge in [-0.25, -0.2) is 4.39 Å². The van der Waals surface area contributed by atoms with E-state index in [1.807, 2.05) is 6.92 Å². The number of hydrogen-bond acceptors (Lipinski definition) is 7. The minimum absolute atomic E-state index is 0.0110. The van der Waals surface area contributed by atoms with Crippen LogP contribution < -0.4 is 0 Å². The Balaban J connectivity index is 1.44. The lowest BCUT2D eigenvalue weighted by atomic mass is 9.44. The summed E-state index contributed by atoms with van der Waals surface area (Å²) in [5.74, 6) is -2.80. The summed E-state index contributed by atoms with van der Waals surface area (Å²) >= 11 is 0. The minimum atomic E-state index is -2.00. The second-order valence-electron chi connectivity index (χ2n) is 12.3. The Bertz CT molecular complexity index is 1090. The van der Waals surface area contributed by atoms with Gasteiger partial charge in [-0.15, -0.1) is 0 Å². The Hall–Kier alpha value is -1.90. The lowest BCUT2D eigenvalue weighted by Gasteiger charge is -2.62. The number of halogens is 1. The van der Waals surface area contributed by atoms with Crippen LogP contribution in [-0.4, -0.2) is 58.5 Å². The van der Waals surface area contributed by atoms with Crippen LogP contribution in [0.1, 0.15) is 72.1 Å². The molecule has 1 aliphatic heterocycles. The van der Waals surface area contributed by atoms with Crippen LogP contribution >= 0.6 is 0 Å². The third-order valence-electron chi connectivity index (χ3n) is 10.7. The molecule has 0 bridgehead atoms. The Morgan fingerprint density at radius 1 is 1.22 bits per heavy atom. The Morgan fingerprint density at radius 3 is 2.64 bits per heavy atom. The zero-order valence-corrected chi connectivity index (χ0v) is 21.2. The number of ketones is 2. The quantitative estimate of drug-likeness (QED) is 0.590. The van der Waals surface area contributed by atoms with E-state index in [1.165, 1.54) is 19.1 Å². The first kappa shape index (κ1) is 24.4. The van der Waals surface area contributed by atoms with Gasteiger partial charge < -0.3 is 19.3 Å². The molecule has 0 unspecified atom stereocenters. The average molecular weight is 503 g/mol. The van der Waals surface area contributed by atoms with E-state index in [1.54, 1.807) is 13.0 Å². The smallest absolute Gasteiger partial charge is 0.303 e. The number of carbonyl (C=O) groups is 3. The van der Waals surface area contributed by atoms with Gasteiger partial charge in [-0.3, -0.25) is 14.4 Å². The molecule has 6 aliphatic rings. The third kappa shape index (κ3) is 2.81. The summed E-state index contributed by atoms with van der Waals surface area (Å²) in [7, 11) is 0. The monoisotopic (exact) mass is 502 g/mol. The molecule has 8 atom stereocenters. The molecular formula is C28H35FO7. The minimum Gasteiger partial charge on any atom is -0.458 e. The van der Waals surface area contributed by atoms with Gasteiger partial charge in [0.2, 0.25) is 5.78 Å². The fraction of sp³-hybridized carbons (Fsp3) is 0.750. The van der Waals surface area contributed by atoms with Crippen LogP contribution in [-0.2, 0) is 28.6 Å². The van der Waals surface area contributed by atoms with E-state index < -0.39 is 58.6 Å². The van der Waals surface area contributed by atoms with Crippen molar-refractivity contribution in [2.75, 3.05) is 6.61 Å². The number of esters is 1. The molecule has 6 rings (SSSR count). The van der Waals surface area contributed by atoms with Gasteiger partial charge >= 0.3 is 5.97 Å². The molecule has 1 heterocycles. The van der Waals surface area contributed by atoms with Crippen molar-refractivity contribution >= 4 is 17.5 Å². The predicted octanol–water partition coefficient (Wildman–Crippen LogP) is 3.52. The zero-order chi connectivity index (χ0) is 25.7. The molecule has 0 radical (unpaired) electrons. The largest absolute Gasteiger partial charge is 0.458 e. The van der Waals surface area contributed by atoms with Crippen molar-refractivity contribution in [1.29, 1.82) is 0 Å². The molecule has 36 heavy (non-hydrogen) atoms. The molecule has 5 fully saturated rings. The van der Waals surface area contributed by atoms with E-state index in [0.29, 0.717) is 37.7 Å². The molecule has 5 aliphatic carbocycles. The standard InChI is InChI=1S/C28H35FO7/c1-16(30)34-15-22(33)28-23(35-26(36-28)9-4-5-10-26)13-20-19-7-6-17-12-18(31)8-11-24(17,2)27(19,29)21(32)14-25(20,28)3/h8,11-12,19-21,23,32H,4-7,9-10,13-15H2,1-3H3/t19-,20-,21+,23+,24+,25-,27-,28+/m1/s1. The van der Waals surface area contributed by atoms with Crippen molar-refractivity contribution in [3.05, 3.63) is 23.8 Å². The number of allylic oxidation sites excluding steroid dienone is 4. The summed E-state index contributed by atoms with van der Waals surface area (Å²) in [6.45, 7) is 4.52. The average Bonchev–Trinajstić information content (AvgIpc) is 3.47. The molecule has 1 N–H and O–H groups in total. The number of aliphatic hydroxyl groups is 1. The van der Waals surface area contributed by atoms with Gasteiger partial charge in [-0.1, -0.05) is 18.6 Å². The fourth-order valence-electron chi connectivity index (χ4n) is 9.04. The molecule has 1 saturated heterocycles. The van der Waals surface area contributed by atoms with Gasteiger partial charge in [0, 0.05) is 36.5 Å². The number of hydrogen-bond donors (Lipinski definition) is 1. The van der Waals surface area contributed by atoms with Crippen molar-refractivity contribution in [3.8, 4) is 0 Å². The van der Waals surface area contributed by atoms with Gasteiger partial charge in [-0.2, -0.15) is 0 Å². The van der Waals surface area contributed by atoms with Crippen LogP contribution in [0.15, 0.2) is 23.8 Å². The molecule has 1 spiro atoms. The van der Waals surface area contributed by atoms with Crippen LogP contribution in [0.5, 0.6) is 0 Å². The highest BCUT2D eigenvalue weighted by Crippen LogP contribution is 2.73. The van der Waals surface area contributed by atoms with Crippen molar-refractivity contribution in [2.45, 2.75) is 101 Å².